The first-order valence-electron chi connectivity index (χ1n) is 10.6. The molecule has 0 fully saturated rings. The van der Waals surface area contributed by atoms with Crippen molar-refractivity contribution in [2.75, 3.05) is 20.8 Å². The molecule has 3 rings (SSSR count). The van der Waals surface area contributed by atoms with E-state index in [-0.39, 0.29) is 6.61 Å². The molecule has 0 bridgehead atoms. The van der Waals surface area contributed by atoms with Crippen LogP contribution in [0.1, 0.15) is 47.2 Å². The Kier molecular flexibility index (Phi) is 8.50. The summed E-state index contributed by atoms with van der Waals surface area (Å²) in [6.45, 7) is 0.437. The summed E-state index contributed by atoms with van der Waals surface area (Å²) in [5, 5.41) is 10.7. The largest absolute Gasteiger partial charge is 0.497 e. The number of hydrogen-bond donors (Lipinski definition) is 1. The van der Waals surface area contributed by atoms with Crippen molar-refractivity contribution in [2.24, 2.45) is 0 Å². The number of aliphatic hydroxyl groups is 1. The molecule has 0 aromatic heterocycles. The van der Waals surface area contributed by atoms with Crippen molar-refractivity contribution in [3.05, 3.63) is 65.2 Å². The Balaban J connectivity index is 1.74. The second kappa shape index (κ2) is 11.5. The number of rotatable bonds is 6. The maximum absolute atomic E-state index is 13.0. The van der Waals surface area contributed by atoms with Crippen LogP contribution in [0.3, 0.4) is 0 Å². The van der Waals surface area contributed by atoms with Gasteiger partial charge in [0.2, 0.25) is 0 Å². The van der Waals surface area contributed by atoms with Gasteiger partial charge in [-0.25, -0.2) is 4.79 Å². The lowest BCUT2D eigenvalue weighted by Crippen LogP contribution is -2.35. The third-order valence-corrected chi connectivity index (χ3v) is 5.30. The molecule has 6 heteroatoms. The van der Waals surface area contributed by atoms with E-state index >= 15 is 0 Å². The lowest BCUT2D eigenvalue weighted by atomic mass is 10.0. The molecule has 0 unspecified atom stereocenters. The highest BCUT2D eigenvalue weighted by molar-refractivity contribution is 5.96. The van der Waals surface area contributed by atoms with Gasteiger partial charge in [0.15, 0.2) is 6.10 Å². The zero-order valence-electron chi connectivity index (χ0n) is 18.1. The van der Waals surface area contributed by atoms with Crippen molar-refractivity contribution in [3.8, 4) is 11.5 Å². The number of aliphatic hydroxyl groups excluding tert-OH is 1. The molecule has 0 radical (unpaired) electrons. The Morgan fingerprint density at radius 2 is 1.87 bits per heavy atom. The molecule has 0 aliphatic carbocycles. The first-order chi connectivity index (χ1) is 15.1. The molecule has 2 aromatic rings. The average Bonchev–Trinajstić information content (AvgIpc) is 2.79. The Bertz CT molecular complexity index is 874. The molecule has 1 aliphatic heterocycles. The summed E-state index contributed by atoms with van der Waals surface area (Å²) in [5.74, 6) is 0.681. The van der Waals surface area contributed by atoms with Gasteiger partial charge in [-0.3, -0.25) is 0 Å². The standard InChI is InChI=1S/C25H30O6/c1-28-20-14-12-18(13-15-20)16-30-17-23-21(26)10-6-4-3-5-8-19-9-7-11-22(29-2)24(19)25(27)31-23/h5,7-9,11-15,21,23,26H,3-4,6,10,16-17H2,1-2H3/b8-5+/t21-,23-/m0/s1. The Morgan fingerprint density at radius 3 is 2.61 bits per heavy atom. The van der Waals surface area contributed by atoms with E-state index in [9.17, 15) is 9.90 Å². The molecule has 2 atom stereocenters. The average molecular weight is 427 g/mol. The topological polar surface area (TPSA) is 74.2 Å². The van der Waals surface area contributed by atoms with Gasteiger partial charge >= 0.3 is 5.97 Å². The number of cyclic esters (lactones) is 1. The number of esters is 1. The summed E-state index contributed by atoms with van der Waals surface area (Å²) in [6.07, 6.45) is 5.58. The first kappa shape index (κ1) is 22.8. The van der Waals surface area contributed by atoms with Crippen LogP contribution in [0.2, 0.25) is 0 Å². The lowest BCUT2D eigenvalue weighted by molar-refractivity contribution is -0.0619. The van der Waals surface area contributed by atoms with E-state index in [1.807, 2.05) is 48.6 Å². The fourth-order valence-corrected chi connectivity index (χ4v) is 3.52. The molecule has 0 saturated heterocycles. The third kappa shape index (κ3) is 6.32. The smallest absolute Gasteiger partial charge is 0.342 e. The third-order valence-electron chi connectivity index (χ3n) is 5.30. The summed E-state index contributed by atoms with van der Waals surface area (Å²) in [7, 11) is 3.14. The van der Waals surface area contributed by atoms with E-state index in [1.165, 1.54) is 7.11 Å². The van der Waals surface area contributed by atoms with Crippen molar-refractivity contribution in [2.45, 2.75) is 44.5 Å². The zero-order valence-corrected chi connectivity index (χ0v) is 18.1. The molecule has 2 aromatic carbocycles. The van der Waals surface area contributed by atoms with E-state index < -0.39 is 18.2 Å². The van der Waals surface area contributed by atoms with Crippen molar-refractivity contribution >= 4 is 12.0 Å². The van der Waals surface area contributed by atoms with Crippen LogP contribution >= 0.6 is 0 Å². The highest BCUT2D eigenvalue weighted by atomic mass is 16.6. The summed E-state index contributed by atoms with van der Waals surface area (Å²) in [4.78, 5) is 13.0. The molecule has 0 saturated carbocycles. The SMILES string of the molecule is COc1ccc(COC[C@@H]2OC(=O)c3c(cccc3OC)/C=C/CCCC[C@@H]2O)cc1. The van der Waals surface area contributed by atoms with Crippen LogP contribution < -0.4 is 9.47 Å². The number of fused-ring (bicyclic) bond motifs is 1. The predicted octanol–water partition coefficient (Wildman–Crippen LogP) is 4.39. The summed E-state index contributed by atoms with van der Waals surface area (Å²) in [5.41, 5.74) is 2.05. The fourth-order valence-electron chi connectivity index (χ4n) is 3.52. The van der Waals surface area contributed by atoms with Crippen LogP contribution in [0.5, 0.6) is 11.5 Å². The Hall–Kier alpha value is -2.83. The number of methoxy groups -OCH3 is 2. The Labute approximate surface area is 183 Å². The highest BCUT2D eigenvalue weighted by Gasteiger charge is 2.27. The molecular formula is C25H30O6. The quantitative estimate of drug-likeness (QED) is 0.691. The maximum Gasteiger partial charge on any atom is 0.342 e. The van der Waals surface area contributed by atoms with E-state index in [4.69, 9.17) is 18.9 Å². The fraction of sp³-hybridized carbons (Fsp3) is 0.400. The number of ether oxygens (including phenoxy) is 4. The van der Waals surface area contributed by atoms with Gasteiger partial charge in [0.1, 0.15) is 17.1 Å². The van der Waals surface area contributed by atoms with Gasteiger partial charge in [0.05, 0.1) is 33.5 Å². The normalized spacial score (nSPS) is 20.5. The minimum absolute atomic E-state index is 0.0965. The van der Waals surface area contributed by atoms with Crippen LogP contribution in [0.15, 0.2) is 48.5 Å². The van der Waals surface area contributed by atoms with Gasteiger partial charge in [-0.05, 0) is 48.6 Å². The summed E-state index contributed by atoms with van der Waals surface area (Å²) in [6, 6.07) is 13.0. The molecule has 0 amide bonds. The van der Waals surface area contributed by atoms with Crippen molar-refractivity contribution in [1.82, 2.24) is 0 Å². The minimum atomic E-state index is -0.804. The van der Waals surface area contributed by atoms with Crippen molar-refractivity contribution in [3.63, 3.8) is 0 Å². The van der Waals surface area contributed by atoms with Crippen molar-refractivity contribution < 1.29 is 28.8 Å². The summed E-state index contributed by atoms with van der Waals surface area (Å²) >= 11 is 0. The monoisotopic (exact) mass is 426 g/mol. The van der Waals surface area contributed by atoms with Crippen LogP contribution in [-0.4, -0.2) is 44.1 Å². The van der Waals surface area contributed by atoms with E-state index in [1.54, 1.807) is 13.2 Å². The lowest BCUT2D eigenvalue weighted by Gasteiger charge is -2.24. The van der Waals surface area contributed by atoms with E-state index in [0.717, 1.165) is 36.1 Å². The van der Waals surface area contributed by atoms with Gasteiger partial charge in [0.25, 0.3) is 0 Å². The van der Waals surface area contributed by atoms with Gasteiger partial charge in [-0.15, -0.1) is 0 Å². The molecule has 0 spiro atoms. The molecule has 166 valence electrons. The number of benzene rings is 2. The van der Waals surface area contributed by atoms with Gasteiger partial charge in [0, 0.05) is 0 Å². The molecule has 6 nitrogen and oxygen atoms in total. The van der Waals surface area contributed by atoms with E-state index in [0.29, 0.717) is 24.3 Å². The highest BCUT2D eigenvalue weighted by Crippen LogP contribution is 2.26. The molecular weight excluding hydrogens is 396 g/mol. The second-order valence-corrected chi connectivity index (χ2v) is 7.49. The van der Waals surface area contributed by atoms with Crippen LogP contribution in [0.25, 0.3) is 6.08 Å². The first-order valence-corrected chi connectivity index (χ1v) is 10.6. The number of carbonyl (C=O) groups excluding carboxylic acids is 1. The minimum Gasteiger partial charge on any atom is -0.497 e. The maximum atomic E-state index is 13.0. The van der Waals surface area contributed by atoms with Gasteiger partial charge in [-0.2, -0.15) is 0 Å². The molecule has 1 N–H and O–H groups in total. The van der Waals surface area contributed by atoms with Crippen LogP contribution in [-0.2, 0) is 16.1 Å². The zero-order chi connectivity index (χ0) is 22.1. The number of hydrogen-bond acceptors (Lipinski definition) is 6. The number of carbonyl (C=O) groups is 1. The predicted molar refractivity (Wildman–Crippen MR) is 118 cm³/mol. The van der Waals surface area contributed by atoms with Crippen LogP contribution in [0, 0.1) is 0 Å². The molecule has 31 heavy (non-hydrogen) atoms. The second-order valence-electron chi connectivity index (χ2n) is 7.49. The van der Waals surface area contributed by atoms with Gasteiger partial charge in [-0.1, -0.05) is 42.8 Å². The van der Waals surface area contributed by atoms with E-state index in [2.05, 4.69) is 0 Å². The van der Waals surface area contributed by atoms with Crippen LogP contribution in [0.4, 0.5) is 0 Å². The Morgan fingerprint density at radius 1 is 1.06 bits per heavy atom. The molecule has 1 aliphatic rings. The molecule has 1 heterocycles. The van der Waals surface area contributed by atoms with Gasteiger partial charge < -0.3 is 24.1 Å². The summed E-state index contributed by atoms with van der Waals surface area (Å²) < 4.78 is 22.1. The van der Waals surface area contributed by atoms with Crippen molar-refractivity contribution in [1.29, 1.82) is 0 Å². The number of allylic oxidation sites excluding steroid dienone is 1.